The highest BCUT2D eigenvalue weighted by atomic mass is 32.1. The second kappa shape index (κ2) is 10.7. The number of nitrogens with zero attached hydrogens (tertiary/aromatic N) is 1. The number of likely N-dealkylation sites (tertiary alicyclic amines) is 1. The molecule has 2 aliphatic rings. The van der Waals surface area contributed by atoms with E-state index in [2.05, 4.69) is 47.6 Å². The van der Waals surface area contributed by atoms with E-state index in [1.807, 2.05) is 0 Å². The summed E-state index contributed by atoms with van der Waals surface area (Å²) in [5, 5.41) is 7.80. The van der Waals surface area contributed by atoms with Crippen molar-refractivity contribution in [3.8, 4) is 11.5 Å². The highest BCUT2D eigenvalue weighted by Gasteiger charge is 2.51. The molecule has 1 saturated heterocycles. The standard InChI is InChI=1S/C24H39N3O2S/c1-5-7-13-25-23(30)26-19-10-11-24(12-15-27(14-6-2)22(24)17-19)18-8-9-20(28-3)21(16-18)29-4/h8-9,16,19,22H,5-7,10-15,17H2,1-4H3,(H2,25,26,30)/t19-,22+,24-/m0/s1. The lowest BCUT2D eigenvalue weighted by molar-refractivity contribution is 0.139. The maximum Gasteiger partial charge on any atom is 0.166 e. The summed E-state index contributed by atoms with van der Waals surface area (Å²) in [7, 11) is 3.42. The molecule has 1 heterocycles. The smallest absolute Gasteiger partial charge is 0.166 e. The van der Waals surface area contributed by atoms with Crippen LogP contribution in [0.5, 0.6) is 11.5 Å². The van der Waals surface area contributed by atoms with Crippen molar-refractivity contribution in [3.63, 3.8) is 0 Å². The van der Waals surface area contributed by atoms with Gasteiger partial charge in [0.2, 0.25) is 0 Å². The zero-order valence-electron chi connectivity index (χ0n) is 19.1. The van der Waals surface area contributed by atoms with Crippen LogP contribution in [0.1, 0.15) is 64.4 Å². The maximum absolute atomic E-state index is 5.63. The third kappa shape index (κ3) is 4.86. The maximum atomic E-state index is 5.63. The van der Waals surface area contributed by atoms with Gasteiger partial charge in [-0.1, -0.05) is 26.3 Å². The van der Waals surface area contributed by atoms with Crippen molar-refractivity contribution in [2.45, 2.75) is 76.3 Å². The molecule has 0 amide bonds. The third-order valence-electron chi connectivity index (χ3n) is 6.99. The molecule has 1 aromatic rings. The molecule has 0 unspecified atom stereocenters. The van der Waals surface area contributed by atoms with Crippen LogP contribution < -0.4 is 20.1 Å². The van der Waals surface area contributed by atoms with Crippen molar-refractivity contribution < 1.29 is 9.47 Å². The predicted octanol–water partition coefficient (Wildman–Crippen LogP) is 4.24. The molecule has 3 atom stereocenters. The first-order valence-corrected chi connectivity index (χ1v) is 12.0. The average molecular weight is 434 g/mol. The molecule has 2 N–H and O–H groups in total. The Balaban J connectivity index is 1.79. The lowest BCUT2D eigenvalue weighted by atomic mass is 9.65. The normalized spacial score (nSPS) is 26.1. The molecule has 3 rings (SSSR count). The van der Waals surface area contributed by atoms with E-state index in [4.69, 9.17) is 21.7 Å². The summed E-state index contributed by atoms with van der Waals surface area (Å²) in [6, 6.07) is 7.50. The van der Waals surface area contributed by atoms with Crippen molar-refractivity contribution in [2.24, 2.45) is 0 Å². The minimum absolute atomic E-state index is 0.185. The second-order valence-corrected chi connectivity index (χ2v) is 9.16. The molecule has 0 spiro atoms. The van der Waals surface area contributed by atoms with Gasteiger partial charge in [0.05, 0.1) is 14.2 Å². The molecule has 2 fully saturated rings. The van der Waals surface area contributed by atoms with Crippen LogP contribution in [0.2, 0.25) is 0 Å². The Kier molecular flexibility index (Phi) is 8.23. The molecule has 0 radical (unpaired) electrons. The zero-order valence-corrected chi connectivity index (χ0v) is 19.9. The third-order valence-corrected chi connectivity index (χ3v) is 7.25. The number of ether oxygens (including phenoxy) is 2. The summed E-state index contributed by atoms with van der Waals surface area (Å²) in [6.45, 7) is 7.76. The summed E-state index contributed by atoms with van der Waals surface area (Å²) in [5.74, 6) is 1.63. The van der Waals surface area contributed by atoms with Crippen LogP contribution in [-0.4, -0.2) is 55.9 Å². The molecular formula is C24H39N3O2S. The van der Waals surface area contributed by atoms with Gasteiger partial charge in [-0.3, -0.25) is 4.90 Å². The largest absolute Gasteiger partial charge is 0.493 e. The van der Waals surface area contributed by atoms with E-state index in [-0.39, 0.29) is 5.41 Å². The Morgan fingerprint density at radius 2 is 1.97 bits per heavy atom. The van der Waals surface area contributed by atoms with Crippen LogP contribution in [0, 0.1) is 0 Å². The van der Waals surface area contributed by atoms with Crippen molar-refractivity contribution in [3.05, 3.63) is 23.8 Å². The minimum atomic E-state index is 0.185. The van der Waals surface area contributed by atoms with Crippen molar-refractivity contribution >= 4 is 17.3 Å². The van der Waals surface area contributed by atoms with Crippen LogP contribution in [0.4, 0.5) is 0 Å². The van der Waals surface area contributed by atoms with E-state index in [1.165, 1.54) is 37.8 Å². The quantitative estimate of drug-likeness (QED) is 0.449. The van der Waals surface area contributed by atoms with Gasteiger partial charge in [0.15, 0.2) is 16.6 Å². The molecule has 5 nitrogen and oxygen atoms in total. The van der Waals surface area contributed by atoms with Crippen molar-refractivity contribution in [1.82, 2.24) is 15.5 Å². The highest BCUT2D eigenvalue weighted by Crippen LogP contribution is 2.50. The van der Waals surface area contributed by atoms with Gasteiger partial charge in [-0.05, 0) is 81.5 Å². The van der Waals surface area contributed by atoms with E-state index in [0.717, 1.165) is 49.0 Å². The van der Waals surface area contributed by atoms with Crippen LogP contribution >= 0.6 is 12.2 Å². The summed E-state index contributed by atoms with van der Waals surface area (Å²) in [5.41, 5.74) is 1.58. The lowest BCUT2D eigenvalue weighted by Gasteiger charge is -2.46. The number of fused-ring (bicyclic) bond motifs is 1. The number of hydrogen-bond donors (Lipinski definition) is 2. The number of benzene rings is 1. The van der Waals surface area contributed by atoms with Gasteiger partial charge in [-0.2, -0.15) is 0 Å². The fourth-order valence-corrected chi connectivity index (χ4v) is 5.70. The molecular weight excluding hydrogens is 394 g/mol. The van der Waals surface area contributed by atoms with Crippen LogP contribution in [-0.2, 0) is 5.41 Å². The van der Waals surface area contributed by atoms with Gasteiger partial charge >= 0.3 is 0 Å². The van der Waals surface area contributed by atoms with Gasteiger partial charge in [-0.15, -0.1) is 0 Å². The zero-order chi connectivity index (χ0) is 21.6. The fraction of sp³-hybridized carbons (Fsp3) is 0.708. The lowest BCUT2D eigenvalue weighted by Crippen LogP contribution is -2.53. The number of rotatable bonds is 9. The molecule has 1 saturated carbocycles. The molecule has 168 valence electrons. The van der Waals surface area contributed by atoms with E-state index in [9.17, 15) is 0 Å². The van der Waals surface area contributed by atoms with E-state index < -0.39 is 0 Å². The number of thiocarbonyl (C=S) groups is 1. The van der Waals surface area contributed by atoms with Crippen LogP contribution in [0.15, 0.2) is 18.2 Å². The van der Waals surface area contributed by atoms with Gasteiger partial charge in [0.1, 0.15) is 0 Å². The second-order valence-electron chi connectivity index (χ2n) is 8.75. The van der Waals surface area contributed by atoms with Gasteiger partial charge in [0, 0.05) is 24.0 Å². The fourth-order valence-electron chi connectivity index (χ4n) is 5.43. The summed E-state index contributed by atoms with van der Waals surface area (Å²) in [4.78, 5) is 2.71. The Hall–Kier alpha value is -1.53. The first-order valence-electron chi connectivity index (χ1n) is 11.6. The van der Waals surface area contributed by atoms with Crippen LogP contribution in [0.25, 0.3) is 0 Å². The Morgan fingerprint density at radius 3 is 2.67 bits per heavy atom. The molecule has 0 bridgehead atoms. The predicted molar refractivity (Wildman–Crippen MR) is 128 cm³/mol. The van der Waals surface area contributed by atoms with Crippen molar-refractivity contribution in [2.75, 3.05) is 33.9 Å². The van der Waals surface area contributed by atoms with Crippen LogP contribution in [0.3, 0.4) is 0 Å². The molecule has 6 heteroatoms. The molecule has 0 aromatic heterocycles. The number of nitrogens with one attached hydrogen (secondary N) is 2. The summed E-state index contributed by atoms with van der Waals surface area (Å²) < 4.78 is 11.1. The molecule has 1 aliphatic heterocycles. The Morgan fingerprint density at radius 1 is 1.17 bits per heavy atom. The summed E-state index contributed by atoms with van der Waals surface area (Å²) >= 11 is 5.56. The van der Waals surface area contributed by atoms with Gasteiger partial charge in [0.25, 0.3) is 0 Å². The van der Waals surface area contributed by atoms with E-state index in [0.29, 0.717) is 12.1 Å². The van der Waals surface area contributed by atoms with Gasteiger partial charge < -0.3 is 20.1 Å². The Labute approximate surface area is 187 Å². The SMILES string of the molecule is CCCCNC(=S)N[C@H]1CC[C@@]2(c3ccc(OC)c(OC)c3)CCN(CCC)[C@@H]2C1. The first kappa shape index (κ1) is 23.1. The average Bonchev–Trinajstić information content (AvgIpc) is 3.12. The first-order chi connectivity index (χ1) is 14.6. The van der Waals surface area contributed by atoms with Crippen molar-refractivity contribution in [1.29, 1.82) is 0 Å². The number of hydrogen-bond acceptors (Lipinski definition) is 4. The summed E-state index contributed by atoms with van der Waals surface area (Å²) in [6.07, 6.45) is 8.17. The topological polar surface area (TPSA) is 45.8 Å². The van der Waals surface area contributed by atoms with E-state index in [1.54, 1.807) is 14.2 Å². The van der Waals surface area contributed by atoms with E-state index >= 15 is 0 Å². The molecule has 30 heavy (non-hydrogen) atoms. The highest BCUT2D eigenvalue weighted by molar-refractivity contribution is 7.80. The minimum Gasteiger partial charge on any atom is -0.493 e. The molecule has 1 aromatic carbocycles. The van der Waals surface area contributed by atoms with Gasteiger partial charge in [-0.25, -0.2) is 0 Å². The molecule has 1 aliphatic carbocycles. The number of methoxy groups -OCH3 is 2. The Bertz CT molecular complexity index is 714. The monoisotopic (exact) mass is 433 g/mol. The number of unbranched alkanes of at least 4 members (excludes halogenated alkanes) is 1.